The van der Waals surface area contributed by atoms with Crippen molar-refractivity contribution in [3.05, 3.63) is 35.9 Å². The number of rotatable bonds is 6. The molecule has 2 rings (SSSR count). The number of amides is 1. The van der Waals surface area contributed by atoms with Gasteiger partial charge in [0.2, 0.25) is 5.91 Å². The molecule has 1 aromatic rings. The molecule has 1 aromatic carbocycles. The van der Waals surface area contributed by atoms with Gasteiger partial charge in [-0.1, -0.05) is 44.2 Å². The molecule has 3 nitrogen and oxygen atoms in total. The lowest BCUT2D eigenvalue weighted by atomic mass is 9.56. The first-order chi connectivity index (χ1) is 9.93. The van der Waals surface area contributed by atoms with E-state index in [1.807, 2.05) is 14.1 Å². The maximum absolute atomic E-state index is 11.5. The van der Waals surface area contributed by atoms with Crippen LogP contribution in [0.2, 0.25) is 0 Å². The maximum atomic E-state index is 11.5. The van der Waals surface area contributed by atoms with Crippen molar-refractivity contribution in [3.63, 3.8) is 0 Å². The molecule has 116 valence electrons. The van der Waals surface area contributed by atoms with Gasteiger partial charge in [0.1, 0.15) is 0 Å². The van der Waals surface area contributed by atoms with Crippen molar-refractivity contribution in [2.75, 3.05) is 20.6 Å². The molecule has 3 heteroatoms. The molecule has 2 unspecified atom stereocenters. The van der Waals surface area contributed by atoms with Gasteiger partial charge in [-0.3, -0.25) is 4.79 Å². The number of carbonyl (C=O) groups excluding carboxylic acids is 1. The first kappa shape index (κ1) is 16.0. The van der Waals surface area contributed by atoms with Gasteiger partial charge in [-0.2, -0.15) is 0 Å². The molecule has 1 aliphatic rings. The molecule has 0 radical (unpaired) electrons. The van der Waals surface area contributed by atoms with E-state index in [1.165, 1.54) is 12.0 Å². The Hall–Kier alpha value is -1.35. The van der Waals surface area contributed by atoms with Crippen LogP contribution >= 0.6 is 0 Å². The summed E-state index contributed by atoms with van der Waals surface area (Å²) in [7, 11) is 3.63. The Morgan fingerprint density at radius 1 is 1.29 bits per heavy atom. The number of nitrogens with one attached hydrogen (secondary N) is 1. The Labute approximate surface area is 128 Å². The van der Waals surface area contributed by atoms with E-state index in [0.717, 1.165) is 13.0 Å². The van der Waals surface area contributed by atoms with E-state index < -0.39 is 0 Å². The molecule has 1 saturated carbocycles. The van der Waals surface area contributed by atoms with Crippen LogP contribution in [-0.2, 0) is 4.79 Å². The third kappa shape index (κ3) is 3.65. The van der Waals surface area contributed by atoms with E-state index in [1.54, 1.807) is 4.90 Å². The number of carbonyl (C=O) groups is 1. The van der Waals surface area contributed by atoms with Gasteiger partial charge in [0, 0.05) is 26.6 Å². The van der Waals surface area contributed by atoms with Crippen LogP contribution in [0.25, 0.3) is 0 Å². The van der Waals surface area contributed by atoms with Crippen molar-refractivity contribution in [2.24, 2.45) is 5.41 Å². The molecular weight excluding hydrogens is 260 g/mol. The van der Waals surface area contributed by atoms with Gasteiger partial charge in [0.25, 0.3) is 0 Å². The second-order valence-electron chi connectivity index (χ2n) is 6.92. The second-order valence-corrected chi connectivity index (χ2v) is 6.92. The average Bonchev–Trinajstić information content (AvgIpc) is 2.46. The van der Waals surface area contributed by atoms with Gasteiger partial charge in [-0.05, 0) is 36.3 Å². The molecule has 1 N–H and O–H groups in total. The summed E-state index contributed by atoms with van der Waals surface area (Å²) >= 11 is 0. The first-order valence-electron chi connectivity index (χ1n) is 7.91. The van der Waals surface area contributed by atoms with Crippen LogP contribution in [0.5, 0.6) is 0 Å². The third-order valence-electron chi connectivity index (χ3n) is 4.93. The molecule has 0 saturated heterocycles. The van der Waals surface area contributed by atoms with Gasteiger partial charge >= 0.3 is 0 Å². The van der Waals surface area contributed by atoms with Crippen molar-refractivity contribution in [2.45, 2.75) is 45.1 Å². The predicted octanol–water partition coefficient (Wildman–Crippen LogP) is 3.03. The van der Waals surface area contributed by atoms with Gasteiger partial charge in [-0.25, -0.2) is 0 Å². The molecule has 1 fully saturated rings. The van der Waals surface area contributed by atoms with Crippen molar-refractivity contribution >= 4 is 5.91 Å². The van der Waals surface area contributed by atoms with Crippen LogP contribution in [0, 0.1) is 5.41 Å². The Kier molecular flexibility index (Phi) is 5.04. The fourth-order valence-electron chi connectivity index (χ4n) is 3.26. The summed E-state index contributed by atoms with van der Waals surface area (Å²) in [6, 6.07) is 11.3. The predicted molar refractivity (Wildman–Crippen MR) is 87.3 cm³/mol. The molecular formula is C18H28N2O. The van der Waals surface area contributed by atoms with Crippen molar-refractivity contribution in [3.8, 4) is 0 Å². The highest BCUT2D eigenvalue weighted by Gasteiger charge is 2.48. The van der Waals surface area contributed by atoms with Crippen molar-refractivity contribution in [1.29, 1.82) is 0 Å². The third-order valence-corrected chi connectivity index (χ3v) is 4.93. The van der Waals surface area contributed by atoms with Crippen molar-refractivity contribution < 1.29 is 4.79 Å². The molecule has 0 heterocycles. The lowest BCUT2D eigenvalue weighted by Crippen LogP contribution is -2.55. The van der Waals surface area contributed by atoms with Gasteiger partial charge in [-0.15, -0.1) is 0 Å². The topological polar surface area (TPSA) is 32.3 Å². The van der Waals surface area contributed by atoms with Crippen LogP contribution in [0.4, 0.5) is 0 Å². The van der Waals surface area contributed by atoms with E-state index in [-0.39, 0.29) is 11.3 Å². The Morgan fingerprint density at radius 3 is 2.52 bits per heavy atom. The van der Waals surface area contributed by atoms with E-state index in [9.17, 15) is 4.79 Å². The van der Waals surface area contributed by atoms with Crippen LogP contribution in [0.15, 0.2) is 30.3 Å². The summed E-state index contributed by atoms with van der Waals surface area (Å²) in [5.41, 5.74) is 1.73. The molecule has 0 bridgehead atoms. The summed E-state index contributed by atoms with van der Waals surface area (Å²) in [6.45, 7) is 5.61. The molecule has 0 aliphatic heterocycles. The van der Waals surface area contributed by atoms with Crippen molar-refractivity contribution in [1.82, 2.24) is 10.2 Å². The smallest absolute Gasteiger partial charge is 0.222 e. The molecule has 0 spiro atoms. The number of benzene rings is 1. The highest BCUT2D eigenvalue weighted by atomic mass is 16.2. The summed E-state index contributed by atoms with van der Waals surface area (Å²) in [5.74, 6) is 0.853. The summed E-state index contributed by atoms with van der Waals surface area (Å²) in [4.78, 5) is 13.2. The standard InChI is InChI=1S/C18H28N2O/c1-18(2)15(14-9-6-5-7-10-14)13-16(18)19-12-8-11-17(21)20(3)4/h5-7,9-10,15-16,19H,8,11-13H2,1-4H3. The highest BCUT2D eigenvalue weighted by molar-refractivity contribution is 5.75. The molecule has 1 aliphatic carbocycles. The lowest BCUT2D eigenvalue weighted by Gasteiger charge is -2.53. The molecule has 2 atom stereocenters. The van der Waals surface area contributed by atoms with Crippen LogP contribution in [0.1, 0.15) is 44.6 Å². The maximum Gasteiger partial charge on any atom is 0.222 e. The van der Waals surface area contributed by atoms with E-state index >= 15 is 0 Å². The van der Waals surface area contributed by atoms with Gasteiger partial charge < -0.3 is 10.2 Å². The summed E-state index contributed by atoms with van der Waals surface area (Å²) in [5, 5.41) is 3.63. The summed E-state index contributed by atoms with van der Waals surface area (Å²) in [6.07, 6.45) is 2.74. The first-order valence-corrected chi connectivity index (χ1v) is 7.91. The normalized spacial score (nSPS) is 23.4. The van der Waals surface area contributed by atoms with Crippen LogP contribution in [0.3, 0.4) is 0 Å². The zero-order chi connectivity index (χ0) is 15.5. The fourth-order valence-corrected chi connectivity index (χ4v) is 3.26. The van der Waals surface area contributed by atoms with E-state index in [4.69, 9.17) is 0 Å². The number of hydrogen-bond acceptors (Lipinski definition) is 2. The number of hydrogen-bond donors (Lipinski definition) is 1. The Morgan fingerprint density at radius 2 is 1.95 bits per heavy atom. The average molecular weight is 288 g/mol. The van der Waals surface area contributed by atoms with Crippen LogP contribution < -0.4 is 5.32 Å². The van der Waals surface area contributed by atoms with E-state index in [0.29, 0.717) is 18.4 Å². The highest BCUT2D eigenvalue weighted by Crippen LogP contribution is 2.52. The lowest BCUT2D eigenvalue weighted by molar-refractivity contribution is -0.128. The molecule has 1 amide bonds. The summed E-state index contributed by atoms with van der Waals surface area (Å²) < 4.78 is 0. The van der Waals surface area contributed by atoms with E-state index in [2.05, 4.69) is 49.5 Å². The van der Waals surface area contributed by atoms with Gasteiger partial charge in [0.05, 0.1) is 0 Å². The minimum Gasteiger partial charge on any atom is -0.349 e. The zero-order valence-electron chi connectivity index (χ0n) is 13.7. The largest absolute Gasteiger partial charge is 0.349 e. The SMILES string of the molecule is CN(C)C(=O)CCCNC1CC(c2ccccc2)C1(C)C. The minimum atomic E-state index is 0.215. The quantitative estimate of drug-likeness (QED) is 0.816. The minimum absolute atomic E-state index is 0.215. The van der Waals surface area contributed by atoms with Gasteiger partial charge in [0.15, 0.2) is 0 Å². The zero-order valence-corrected chi connectivity index (χ0v) is 13.7. The van der Waals surface area contributed by atoms with Crippen LogP contribution in [-0.4, -0.2) is 37.5 Å². The fraction of sp³-hybridized carbons (Fsp3) is 0.611. The Bertz CT molecular complexity index is 467. The Balaban J connectivity index is 1.76. The molecule has 0 aromatic heterocycles. The number of nitrogens with zero attached hydrogens (tertiary/aromatic N) is 1. The molecule has 21 heavy (non-hydrogen) atoms. The second kappa shape index (κ2) is 6.61. The monoisotopic (exact) mass is 288 g/mol.